The van der Waals surface area contributed by atoms with Crippen LogP contribution >= 0.6 is 0 Å². The van der Waals surface area contributed by atoms with Gasteiger partial charge >= 0.3 is 0 Å². The molecular weight excluding hydrogens is 216 g/mol. The molecule has 1 aliphatic rings. The summed E-state index contributed by atoms with van der Waals surface area (Å²) in [6.45, 7) is 3.04. The lowest BCUT2D eigenvalue weighted by molar-refractivity contribution is -0.00475. The minimum atomic E-state index is -3.13. The highest BCUT2D eigenvalue weighted by molar-refractivity contribution is 7.89. The number of sulfonamides is 1. The van der Waals surface area contributed by atoms with Crippen LogP contribution in [-0.2, 0) is 14.8 Å². The molecule has 0 atom stereocenters. The molecule has 0 heterocycles. The monoisotopic (exact) mass is 236 g/mol. The average Bonchev–Trinajstić information content (AvgIpc) is 2.11. The zero-order valence-corrected chi connectivity index (χ0v) is 9.92. The highest BCUT2D eigenvalue weighted by Crippen LogP contribution is 2.23. The van der Waals surface area contributed by atoms with E-state index in [2.05, 4.69) is 4.72 Å². The Kier molecular flexibility index (Phi) is 4.98. The number of hydrogen-bond donors (Lipinski definition) is 2. The zero-order chi connectivity index (χ0) is 11.3. The highest BCUT2D eigenvalue weighted by Gasteiger charge is 2.32. The smallest absolute Gasteiger partial charge is 0.211 e. The molecule has 1 saturated carbocycles. The number of hydrogen-bond acceptors (Lipinski definition) is 4. The van der Waals surface area contributed by atoms with Gasteiger partial charge in [0.05, 0.1) is 11.9 Å². The number of nitrogens with one attached hydrogen (secondary N) is 1. The Labute approximate surface area is 91.4 Å². The molecule has 0 radical (unpaired) electrons. The standard InChI is InChI=1S/C9H20N2O3S/c1-2-14-9-6-8(7-9)11-15(12,13)5-3-4-10/h8-9,11H,2-7,10H2,1H3. The second kappa shape index (κ2) is 5.79. The van der Waals surface area contributed by atoms with Crippen molar-refractivity contribution in [2.45, 2.75) is 38.3 Å². The first-order valence-electron chi connectivity index (χ1n) is 5.39. The molecule has 0 aromatic rings. The van der Waals surface area contributed by atoms with Crippen molar-refractivity contribution in [1.29, 1.82) is 0 Å². The molecule has 0 aromatic carbocycles. The summed E-state index contributed by atoms with van der Waals surface area (Å²) in [6.07, 6.45) is 2.32. The fourth-order valence-corrected chi connectivity index (χ4v) is 2.98. The second-order valence-electron chi connectivity index (χ2n) is 3.82. The minimum absolute atomic E-state index is 0.0596. The SMILES string of the molecule is CCOC1CC(NS(=O)(=O)CCCN)C1. The molecule has 0 aliphatic heterocycles. The summed E-state index contributed by atoms with van der Waals surface area (Å²) < 4.78 is 30.9. The minimum Gasteiger partial charge on any atom is -0.378 e. The van der Waals surface area contributed by atoms with E-state index in [1.54, 1.807) is 0 Å². The Balaban J connectivity index is 2.20. The van der Waals surface area contributed by atoms with Gasteiger partial charge in [-0.3, -0.25) is 0 Å². The van der Waals surface area contributed by atoms with Crippen molar-refractivity contribution in [1.82, 2.24) is 4.72 Å². The first kappa shape index (κ1) is 12.9. The van der Waals surface area contributed by atoms with Crippen LogP contribution in [0.3, 0.4) is 0 Å². The fourth-order valence-electron chi connectivity index (χ4n) is 1.62. The zero-order valence-electron chi connectivity index (χ0n) is 9.11. The van der Waals surface area contributed by atoms with Gasteiger partial charge in [-0.15, -0.1) is 0 Å². The average molecular weight is 236 g/mol. The van der Waals surface area contributed by atoms with E-state index in [4.69, 9.17) is 10.5 Å². The third-order valence-electron chi connectivity index (χ3n) is 2.46. The van der Waals surface area contributed by atoms with E-state index in [9.17, 15) is 8.42 Å². The molecule has 3 N–H and O–H groups in total. The summed E-state index contributed by atoms with van der Waals surface area (Å²) in [5.74, 6) is 0.124. The van der Waals surface area contributed by atoms with Gasteiger partial charge in [-0.2, -0.15) is 0 Å². The predicted octanol–water partition coefficient (Wildman–Crippen LogP) is -0.178. The van der Waals surface area contributed by atoms with Gasteiger partial charge in [0.2, 0.25) is 10.0 Å². The molecular formula is C9H20N2O3S. The molecule has 0 bridgehead atoms. The quantitative estimate of drug-likeness (QED) is 0.642. The van der Waals surface area contributed by atoms with Crippen molar-refractivity contribution >= 4 is 10.0 Å². The van der Waals surface area contributed by atoms with E-state index >= 15 is 0 Å². The maximum atomic E-state index is 11.4. The summed E-state index contributed by atoms with van der Waals surface area (Å²) in [5, 5.41) is 0. The van der Waals surface area contributed by atoms with E-state index in [-0.39, 0.29) is 17.9 Å². The Bertz CT molecular complexity index is 273. The number of nitrogens with two attached hydrogens (primary N) is 1. The van der Waals surface area contributed by atoms with Crippen LogP contribution in [0.15, 0.2) is 0 Å². The van der Waals surface area contributed by atoms with Crippen LogP contribution in [0, 0.1) is 0 Å². The number of ether oxygens (including phenoxy) is 1. The van der Waals surface area contributed by atoms with Crippen molar-refractivity contribution in [2.75, 3.05) is 18.9 Å². The van der Waals surface area contributed by atoms with Crippen LogP contribution in [0.1, 0.15) is 26.2 Å². The molecule has 0 unspecified atom stereocenters. The molecule has 5 nitrogen and oxygen atoms in total. The van der Waals surface area contributed by atoms with Crippen LogP contribution in [-0.4, -0.2) is 39.5 Å². The van der Waals surface area contributed by atoms with Gasteiger partial charge in [0, 0.05) is 12.6 Å². The first-order valence-corrected chi connectivity index (χ1v) is 7.04. The normalized spacial score (nSPS) is 26.3. The third-order valence-corrected chi connectivity index (χ3v) is 3.98. The Morgan fingerprint density at radius 3 is 2.67 bits per heavy atom. The van der Waals surface area contributed by atoms with Gasteiger partial charge in [-0.25, -0.2) is 13.1 Å². The third kappa shape index (κ3) is 4.46. The predicted molar refractivity (Wildman–Crippen MR) is 59.0 cm³/mol. The van der Waals surface area contributed by atoms with Crippen LogP contribution < -0.4 is 10.5 Å². The molecule has 90 valence electrons. The Morgan fingerprint density at radius 1 is 1.47 bits per heavy atom. The summed E-state index contributed by atoms with van der Waals surface area (Å²) in [4.78, 5) is 0. The van der Waals surface area contributed by atoms with Crippen molar-refractivity contribution in [3.05, 3.63) is 0 Å². The summed E-state index contributed by atoms with van der Waals surface area (Å²) in [5.41, 5.74) is 5.26. The van der Waals surface area contributed by atoms with E-state index in [1.165, 1.54) is 0 Å². The Hall–Kier alpha value is -0.170. The van der Waals surface area contributed by atoms with E-state index in [0.717, 1.165) is 12.8 Å². The van der Waals surface area contributed by atoms with Crippen LogP contribution in [0.4, 0.5) is 0 Å². The van der Waals surface area contributed by atoms with Crippen LogP contribution in [0.2, 0.25) is 0 Å². The van der Waals surface area contributed by atoms with Gasteiger partial charge < -0.3 is 10.5 Å². The lowest BCUT2D eigenvalue weighted by Gasteiger charge is -2.35. The van der Waals surface area contributed by atoms with Gasteiger partial charge in [0.1, 0.15) is 0 Å². The van der Waals surface area contributed by atoms with Crippen LogP contribution in [0.25, 0.3) is 0 Å². The van der Waals surface area contributed by atoms with Crippen molar-refractivity contribution in [3.8, 4) is 0 Å². The summed E-state index contributed by atoms with van der Waals surface area (Å²) >= 11 is 0. The molecule has 1 rings (SSSR count). The lowest BCUT2D eigenvalue weighted by atomic mass is 9.90. The van der Waals surface area contributed by atoms with E-state index < -0.39 is 10.0 Å². The van der Waals surface area contributed by atoms with Gasteiger partial charge in [-0.05, 0) is 32.7 Å². The number of rotatable bonds is 7. The molecule has 6 heteroatoms. The largest absolute Gasteiger partial charge is 0.378 e. The topological polar surface area (TPSA) is 81.4 Å². The van der Waals surface area contributed by atoms with E-state index in [0.29, 0.717) is 19.6 Å². The van der Waals surface area contributed by atoms with Gasteiger partial charge in [0.25, 0.3) is 0 Å². The van der Waals surface area contributed by atoms with Gasteiger partial charge in [0.15, 0.2) is 0 Å². The Morgan fingerprint density at radius 2 is 2.13 bits per heavy atom. The molecule has 1 fully saturated rings. The second-order valence-corrected chi connectivity index (χ2v) is 5.70. The maximum absolute atomic E-state index is 11.4. The molecule has 1 aliphatic carbocycles. The molecule has 0 saturated heterocycles. The first-order chi connectivity index (χ1) is 7.07. The fraction of sp³-hybridized carbons (Fsp3) is 1.00. The molecule has 0 spiro atoms. The summed E-state index contributed by atoms with van der Waals surface area (Å²) in [6, 6.07) is 0.0596. The van der Waals surface area contributed by atoms with E-state index in [1.807, 2.05) is 6.92 Å². The maximum Gasteiger partial charge on any atom is 0.211 e. The van der Waals surface area contributed by atoms with Crippen molar-refractivity contribution in [3.63, 3.8) is 0 Å². The molecule has 0 aromatic heterocycles. The van der Waals surface area contributed by atoms with Gasteiger partial charge in [-0.1, -0.05) is 0 Å². The summed E-state index contributed by atoms with van der Waals surface area (Å²) in [7, 11) is -3.13. The van der Waals surface area contributed by atoms with Crippen molar-refractivity contribution in [2.24, 2.45) is 5.73 Å². The highest BCUT2D eigenvalue weighted by atomic mass is 32.2. The van der Waals surface area contributed by atoms with Crippen molar-refractivity contribution < 1.29 is 13.2 Å². The molecule has 15 heavy (non-hydrogen) atoms. The molecule has 0 amide bonds. The van der Waals surface area contributed by atoms with Crippen LogP contribution in [0.5, 0.6) is 0 Å². The lowest BCUT2D eigenvalue weighted by Crippen LogP contribution is -2.48.